The highest BCUT2D eigenvalue weighted by Crippen LogP contribution is 2.51. The highest BCUT2D eigenvalue weighted by molar-refractivity contribution is 6.42. The molecule has 1 fully saturated rings. The van der Waals surface area contributed by atoms with Crippen LogP contribution in [0, 0.1) is 5.92 Å². The van der Waals surface area contributed by atoms with Crippen LogP contribution in [0.25, 0.3) is 0 Å². The van der Waals surface area contributed by atoms with Gasteiger partial charge in [-0.15, -0.1) is 0 Å². The van der Waals surface area contributed by atoms with Crippen molar-refractivity contribution >= 4 is 23.2 Å². The van der Waals surface area contributed by atoms with Gasteiger partial charge in [-0.25, -0.2) is 0 Å². The van der Waals surface area contributed by atoms with Crippen molar-refractivity contribution in [2.45, 2.75) is 76.7 Å². The van der Waals surface area contributed by atoms with Crippen molar-refractivity contribution in [3.8, 4) is 0 Å². The lowest BCUT2D eigenvalue weighted by molar-refractivity contribution is -0.0488. The van der Waals surface area contributed by atoms with E-state index < -0.39 is 0 Å². The highest BCUT2D eigenvalue weighted by Gasteiger charge is 2.45. The summed E-state index contributed by atoms with van der Waals surface area (Å²) in [5, 5.41) is 1.32. The second-order valence-electron chi connectivity index (χ2n) is 7.33. The average Bonchev–Trinajstić information content (AvgIpc) is 2.56. The van der Waals surface area contributed by atoms with Gasteiger partial charge in [-0.1, -0.05) is 56.0 Å². The summed E-state index contributed by atoms with van der Waals surface area (Å²) in [4.78, 5) is 0. The Morgan fingerprint density at radius 2 is 1.74 bits per heavy atom. The highest BCUT2D eigenvalue weighted by atomic mass is 35.5. The van der Waals surface area contributed by atoms with Crippen LogP contribution in [0.3, 0.4) is 0 Å². The average molecular weight is 357 g/mol. The molecule has 0 aliphatic heterocycles. The predicted octanol–water partition coefficient (Wildman–Crippen LogP) is 7.04. The van der Waals surface area contributed by atoms with Gasteiger partial charge in [-0.3, -0.25) is 0 Å². The van der Waals surface area contributed by atoms with Crippen LogP contribution in [-0.4, -0.2) is 12.7 Å². The van der Waals surface area contributed by atoms with Gasteiger partial charge < -0.3 is 4.74 Å². The summed E-state index contributed by atoms with van der Waals surface area (Å²) >= 11 is 12.5. The fourth-order valence-corrected chi connectivity index (χ4v) is 4.69. The van der Waals surface area contributed by atoms with Crippen LogP contribution < -0.4 is 0 Å². The van der Waals surface area contributed by atoms with Crippen molar-refractivity contribution < 1.29 is 4.74 Å². The normalized spacial score (nSPS) is 29.5. The van der Waals surface area contributed by atoms with Crippen LogP contribution in [0.2, 0.25) is 10.0 Å². The van der Waals surface area contributed by atoms with Crippen LogP contribution in [0.4, 0.5) is 0 Å². The summed E-state index contributed by atoms with van der Waals surface area (Å²) < 4.78 is 5.78. The van der Waals surface area contributed by atoms with Crippen molar-refractivity contribution in [2.24, 2.45) is 5.92 Å². The molecule has 0 saturated heterocycles. The molecule has 1 aliphatic carbocycles. The van der Waals surface area contributed by atoms with Crippen molar-refractivity contribution in [2.75, 3.05) is 7.11 Å². The largest absolute Gasteiger partial charge is 0.379 e. The Kier molecular flexibility index (Phi) is 6.44. The van der Waals surface area contributed by atoms with Gasteiger partial charge in [0.1, 0.15) is 0 Å². The molecule has 0 radical (unpaired) electrons. The third kappa shape index (κ3) is 3.89. The van der Waals surface area contributed by atoms with E-state index in [0.717, 1.165) is 25.7 Å². The zero-order chi connectivity index (χ0) is 17.1. The Morgan fingerprint density at radius 3 is 2.22 bits per heavy atom. The molecular formula is C20H30Cl2O. The summed E-state index contributed by atoms with van der Waals surface area (Å²) in [5.74, 6) is 0.686. The van der Waals surface area contributed by atoms with E-state index in [1.54, 1.807) is 0 Å². The van der Waals surface area contributed by atoms with Crippen molar-refractivity contribution in [3.05, 3.63) is 33.8 Å². The van der Waals surface area contributed by atoms with Gasteiger partial charge in [0.05, 0.1) is 15.6 Å². The summed E-state index contributed by atoms with van der Waals surface area (Å²) in [5.41, 5.74) is 1.59. The zero-order valence-electron chi connectivity index (χ0n) is 14.9. The van der Waals surface area contributed by atoms with Crippen molar-refractivity contribution in [1.82, 2.24) is 0 Å². The van der Waals surface area contributed by atoms with E-state index >= 15 is 0 Å². The summed E-state index contributed by atoms with van der Waals surface area (Å²) in [6, 6.07) is 6.27. The molecule has 130 valence electrons. The molecule has 1 aromatic carbocycles. The Bertz CT molecular complexity index is 518. The van der Waals surface area contributed by atoms with E-state index in [0.29, 0.717) is 16.0 Å². The van der Waals surface area contributed by atoms with E-state index in [-0.39, 0.29) is 11.0 Å². The smallest absolute Gasteiger partial charge is 0.0651 e. The van der Waals surface area contributed by atoms with Crippen molar-refractivity contribution in [1.29, 1.82) is 0 Å². The standard InChI is InChI=1S/C20H30Cl2O/c1-5-7-15(6-2)20(12-10-19(3,23-4)11-13-20)16-8-9-17(21)18(22)14-16/h8-9,14-15H,5-7,10-13H2,1-4H3/t15-,19-,20+/m1/s1. The third-order valence-electron chi connectivity index (χ3n) is 6.10. The minimum Gasteiger partial charge on any atom is -0.379 e. The predicted molar refractivity (Wildman–Crippen MR) is 101 cm³/mol. The van der Waals surface area contributed by atoms with E-state index in [4.69, 9.17) is 27.9 Å². The minimum atomic E-state index is 0.0181. The van der Waals surface area contributed by atoms with Crippen LogP contribution in [0.15, 0.2) is 18.2 Å². The van der Waals surface area contributed by atoms with Gasteiger partial charge >= 0.3 is 0 Å². The van der Waals surface area contributed by atoms with Gasteiger partial charge in [0.2, 0.25) is 0 Å². The van der Waals surface area contributed by atoms with Crippen LogP contribution >= 0.6 is 23.2 Å². The molecule has 1 nitrogen and oxygen atoms in total. The molecule has 3 heteroatoms. The molecule has 2 rings (SSSR count). The van der Waals surface area contributed by atoms with E-state index in [9.17, 15) is 0 Å². The first kappa shape index (κ1) is 19.1. The second kappa shape index (κ2) is 7.76. The fraction of sp³-hybridized carbons (Fsp3) is 0.700. The van der Waals surface area contributed by atoms with Gasteiger partial charge in [0.25, 0.3) is 0 Å². The maximum Gasteiger partial charge on any atom is 0.0651 e. The molecule has 0 unspecified atom stereocenters. The topological polar surface area (TPSA) is 9.23 Å². The molecule has 0 spiro atoms. The lowest BCUT2D eigenvalue weighted by atomic mass is 9.58. The number of benzene rings is 1. The number of ether oxygens (including phenoxy) is 1. The molecular weight excluding hydrogens is 327 g/mol. The fourth-order valence-electron chi connectivity index (χ4n) is 4.39. The molecule has 1 aromatic rings. The van der Waals surface area contributed by atoms with E-state index in [1.165, 1.54) is 24.8 Å². The number of hydrogen-bond donors (Lipinski definition) is 0. The molecule has 0 amide bonds. The lowest BCUT2D eigenvalue weighted by Crippen LogP contribution is -2.45. The Labute approximate surface area is 151 Å². The summed E-state index contributed by atoms with van der Waals surface area (Å²) in [6.07, 6.45) is 8.22. The van der Waals surface area contributed by atoms with Crippen LogP contribution in [0.5, 0.6) is 0 Å². The minimum absolute atomic E-state index is 0.0181. The van der Waals surface area contributed by atoms with E-state index in [2.05, 4.69) is 32.9 Å². The van der Waals surface area contributed by atoms with Crippen LogP contribution in [-0.2, 0) is 10.2 Å². The first-order valence-corrected chi connectivity index (χ1v) is 9.67. The molecule has 1 aliphatic rings. The first-order valence-electron chi connectivity index (χ1n) is 8.91. The number of hydrogen-bond acceptors (Lipinski definition) is 1. The summed E-state index contributed by atoms with van der Waals surface area (Å²) in [7, 11) is 1.84. The molecule has 0 bridgehead atoms. The third-order valence-corrected chi connectivity index (χ3v) is 6.84. The first-order chi connectivity index (χ1) is 10.9. The maximum absolute atomic E-state index is 6.35. The maximum atomic E-state index is 6.35. The molecule has 0 N–H and O–H groups in total. The molecule has 23 heavy (non-hydrogen) atoms. The molecule has 0 aromatic heterocycles. The molecule has 0 heterocycles. The van der Waals surface area contributed by atoms with Crippen molar-refractivity contribution in [3.63, 3.8) is 0 Å². The summed E-state index contributed by atoms with van der Waals surface area (Å²) in [6.45, 7) is 6.85. The molecule has 1 saturated carbocycles. The number of halogens is 2. The SMILES string of the molecule is CCC[C@@H](CC)[C@]1(c2ccc(Cl)c(Cl)c2)CC[C@@](C)(OC)CC1. The quantitative estimate of drug-likeness (QED) is 0.531. The van der Waals surface area contributed by atoms with Gasteiger partial charge in [0, 0.05) is 7.11 Å². The van der Waals surface area contributed by atoms with Gasteiger partial charge in [0.15, 0.2) is 0 Å². The van der Waals surface area contributed by atoms with Crippen LogP contribution in [0.1, 0.15) is 71.3 Å². The van der Waals surface area contributed by atoms with Gasteiger partial charge in [-0.05, 0) is 68.1 Å². The lowest BCUT2D eigenvalue weighted by Gasteiger charge is -2.49. The molecule has 1 atom stereocenters. The number of rotatable bonds is 6. The van der Waals surface area contributed by atoms with Gasteiger partial charge in [-0.2, -0.15) is 0 Å². The Morgan fingerprint density at radius 1 is 1.09 bits per heavy atom. The Hall–Kier alpha value is -0.240. The zero-order valence-corrected chi connectivity index (χ0v) is 16.4. The number of methoxy groups -OCH3 is 1. The van der Waals surface area contributed by atoms with E-state index in [1.807, 2.05) is 13.2 Å². The monoisotopic (exact) mass is 356 g/mol. The Balaban J connectivity index is 2.41. The second-order valence-corrected chi connectivity index (χ2v) is 8.15.